The van der Waals surface area contributed by atoms with E-state index in [1.165, 1.54) is 18.4 Å². The summed E-state index contributed by atoms with van der Waals surface area (Å²) in [6.07, 6.45) is 1.75. The molecule has 4 nitrogen and oxygen atoms in total. The number of methoxy groups -OCH3 is 1. The van der Waals surface area contributed by atoms with E-state index in [1.54, 1.807) is 18.9 Å². The maximum Gasteiger partial charge on any atom is 0.227 e. The van der Waals surface area contributed by atoms with Gasteiger partial charge in [-0.3, -0.25) is 4.79 Å². The standard InChI is InChI=1S/C20H21NO3S/c1-24-14-9-7-13(8-10-14)19-17(22)11-18(23)21-16-4-2-3-15(12-5-6-12)20(16)25-19/h2-4,7-10,12,17,19,22H,5-6,11H2,1H3,(H,21,23). The highest BCUT2D eigenvalue weighted by Gasteiger charge is 2.33. The van der Waals surface area contributed by atoms with E-state index in [9.17, 15) is 9.90 Å². The van der Waals surface area contributed by atoms with E-state index >= 15 is 0 Å². The van der Waals surface area contributed by atoms with E-state index in [0.717, 1.165) is 21.9 Å². The molecule has 4 rings (SSSR count). The molecule has 1 aliphatic carbocycles. The summed E-state index contributed by atoms with van der Waals surface area (Å²) in [5.41, 5.74) is 3.16. The van der Waals surface area contributed by atoms with Crippen LogP contribution in [-0.4, -0.2) is 24.2 Å². The third kappa shape index (κ3) is 3.39. The molecule has 0 aromatic heterocycles. The van der Waals surface area contributed by atoms with E-state index in [0.29, 0.717) is 5.92 Å². The molecule has 5 heteroatoms. The number of anilines is 1. The molecule has 2 aliphatic rings. The topological polar surface area (TPSA) is 58.6 Å². The Bertz CT molecular complexity index is 786. The molecule has 130 valence electrons. The zero-order chi connectivity index (χ0) is 17.4. The second-order valence-corrected chi connectivity index (χ2v) is 7.78. The molecule has 25 heavy (non-hydrogen) atoms. The van der Waals surface area contributed by atoms with Gasteiger partial charge in [-0.25, -0.2) is 0 Å². The van der Waals surface area contributed by atoms with Crippen molar-refractivity contribution in [3.63, 3.8) is 0 Å². The van der Waals surface area contributed by atoms with Crippen LogP contribution in [0.15, 0.2) is 47.4 Å². The number of aliphatic hydroxyl groups is 1. The van der Waals surface area contributed by atoms with Crippen molar-refractivity contribution in [2.75, 3.05) is 12.4 Å². The van der Waals surface area contributed by atoms with Crippen LogP contribution in [-0.2, 0) is 4.79 Å². The third-order valence-corrected chi connectivity index (χ3v) is 6.30. The van der Waals surface area contributed by atoms with Gasteiger partial charge < -0.3 is 15.2 Å². The Labute approximate surface area is 151 Å². The molecule has 0 saturated heterocycles. The maximum absolute atomic E-state index is 12.3. The van der Waals surface area contributed by atoms with Crippen LogP contribution in [0.5, 0.6) is 5.75 Å². The van der Waals surface area contributed by atoms with Gasteiger partial charge in [0, 0.05) is 4.90 Å². The molecule has 0 bridgehead atoms. The number of carbonyl (C=O) groups excluding carboxylic acids is 1. The third-order valence-electron chi connectivity index (χ3n) is 4.77. The maximum atomic E-state index is 12.3. The van der Waals surface area contributed by atoms with Gasteiger partial charge in [-0.15, -0.1) is 11.8 Å². The highest BCUT2D eigenvalue weighted by atomic mass is 32.2. The van der Waals surface area contributed by atoms with Gasteiger partial charge in [0.2, 0.25) is 5.91 Å². The zero-order valence-corrected chi connectivity index (χ0v) is 14.9. The molecule has 1 saturated carbocycles. The molecular weight excluding hydrogens is 334 g/mol. The minimum absolute atomic E-state index is 0.0940. The molecular formula is C20H21NO3S. The van der Waals surface area contributed by atoms with Crippen molar-refractivity contribution in [3.05, 3.63) is 53.6 Å². The Morgan fingerprint density at radius 2 is 1.92 bits per heavy atom. The molecule has 0 radical (unpaired) electrons. The molecule has 2 aromatic carbocycles. The van der Waals surface area contributed by atoms with E-state index in [1.807, 2.05) is 36.4 Å². The summed E-state index contributed by atoms with van der Waals surface area (Å²) < 4.78 is 5.23. The summed E-state index contributed by atoms with van der Waals surface area (Å²) >= 11 is 1.66. The van der Waals surface area contributed by atoms with Crippen molar-refractivity contribution in [3.8, 4) is 5.75 Å². The number of nitrogens with one attached hydrogen (secondary N) is 1. The Balaban J connectivity index is 1.75. The second kappa shape index (κ2) is 6.73. The lowest BCUT2D eigenvalue weighted by Crippen LogP contribution is -2.26. The Morgan fingerprint density at radius 1 is 1.16 bits per heavy atom. The number of hydrogen-bond acceptors (Lipinski definition) is 4. The Morgan fingerprint density at radius 3 is 2.60 bits per heavy atom. The lowest BCUT2D eigenvalue weighted by atomic mass is 10.0. The van der Waals surface area contributed by atoms with Crippen molar-refractivity contribution in [2.24, 2.45) is 0 Å². The summed E-state index contributed by atoms with van der Waals surface area (Å²) in [5, 5.41) is 13.5. The van der Waals surface area contributed by atoms with Crippen LogP contribution in [0, 0.1) is 0 Å². The van der Waals surface area contributed by atoms with Crippen molar-refractivity contribution in [2.45, 2.75) is 41.4 Å². The lowest BCUT2D eigenvalue weighted by molar-refractivity contribution is -0.118. The lowest BCUT2D eigenvalue weighted by Gasteiger charge is -2.28. The fourth-order valence-electron chi connectivity index (χ4n) is 3.29. The molecule has 1 aliphatic heterocycles. The van der Waals surface area contributed by atoms with Gasteiger partial charge in [-0.2, -0.15) is 0 Å². The minimum Gasteiger partial charge on any atom is -0.497 e. The molecule has 1 fully saturated rings. The average molecular weight is 355 g/mol. The van der Waals surface area contributed by atoms with Gasteiger partial charge in [-0.05, 0) is 48.1 Å². The first-order valence-corrected chi connectivity index (χ1v) is 9.45. The van der Waals surface area contributed by atoms with Crippen molar-refractivity contribution < 1.29 is 14.6 Å². The number of fused-ring (bicyclic) bond motifs is 1. The van der Waals surface area contributed by atoms with E-state index < -0.39 is 6.10 Å². The van der Waals surface area contributed by atoms with Crippen molar-refractivity contribution >= 4 is 23.4 Å². The van der Waals surface area contributed by atoms with Crippen molar-refractivity contribution in [1.29, 1.82) is 0 Å². The van der Waals surface area contributed by atoms with Gasteiger partial charge >= 0.3 is 0 Å². The number of ether oxygens (including phenoxy) is 1. The average Bonchev–Trinajstić information content (AvgIpc) is 3.44. The first-order valence-electron chi connectivity index (χ1n) is 8.57. The van der Waals surface area contributed by atoms with Gasteiger partial charge in [-0.1, -0.05) is 24.3 Å². The number of hydrogen-bond donors (Lipinski definition) is 2. The molecule has 2 aromatic rings. The highest BCUT2D eigenvalue weighted by Crippen LogP contribution is 2.51. The summed E-state index contributed by atoms with van der Waals surface area (Å²) in [6, 6.07) is 13.8. The molecule has 1 heterocycles. The molecule has 1 amide bonds. The van der Waals surface area contributed by atoms with Gasteiger partial charge in [0.1, 0.15) is 5.75 Å². The first kappa shape index (κ1) is 16.5. The highest BCUT2D eigenvalue weighted by molar-refractivity contribution is 7.99. The minimum atomic E-state index is -0.737. The molecule has 2 unspecified atom stereocenters. The number of rotatable bonds is 3. The number of thioether (sulfide) groups is 1. The van der Waals surface area contributed by atoms with Crippen LogP contribution >= 0.6 is 11.8 Å². The predicted molar refractivity (Wildman–Crippen MR) is 99.3 cm³/mol. The smallest absolute Gasteiger partial charge is 0.227 e. The summed E-state index contributed by atoms with van der Waals surface area (Å²) in [5.74, 6) is 1.22. The summed E-state index contributed by atoms with van der Waals surface area (Å²) in [6.45, 7) is 0. The normalized spacial score (nSPS) is 23.2. The van der Waals surface area contributed by atoms with Crippen LogP contribution in [0.1, 0.15) is 41.6 Å². The van der Waals surface area contributed by atoms with Crippen LogP contribution in [0.3, 0.4) is 0 Å². The number of benzene rings is 2. The van der Waals surface area contributed by atoms with Crippen molar-refractivity contribution in [1.82, 2.24) is 0 Å². The monoisotopic (exact) mass is 355 g/mol. The molecule has 2 N–H and O–H groups in total. The Hall–Kier alpha value is -1.98. The van der Waals surface area contributed by atoms with Gasteiger partial charge in [0.15, 0.2) is 0 Å². The second-order valence-electron chi connectivity index (χ2n) is 6.63. The zero-order valence-electron chi connectivity index (χ0n) is 14.1. The van der Waals surface area contributed by atoms with Crippen LogP contribution in [0.2, 0.25) is 0 Å². The van der Waals surface area contributed by atoms with Gasteiger partial charge in [0.05, 0.1) is 30.6 Å². The largest absolute Gasteiger partial charge is 0.497 e. The van der Waals surface area contributed by atoms with E-state index in [2.05, 4.69) is 11.4 Å². The molecule has 0 spiro atoms. The fourth-order valence-corrected chi connectivity index (χ4v) is 4.71. The quantitative estimate of drug-likeness (QED) is 0.870. The molecule has 2 atom stereocenters. The van der Waals surface area contributed by atoms with Gasteiger partial charge in [0.25, 0.3) is 0 Å². The summed E-state index contributed by atoms with van der Waals surface area (Å²) in [7, 11) is 1.64. The summed E-state index contributed by atoms with van der Waals surface area (Å²) in [4.78, 5) is 13.4. The van der Waals surface area contributed by atoms with Crippen LogP contribution in [0.25, 0.3) is 0 Å². The number of aliphatic hydroxyl groups excluding tert-OH is 1. The van der Waals surface area contributed by atoms with E-state index in [4.69, 9.17) is 4.74 Å². The van der Waals surface area contributed by atoms with E-state index in [-0.39, 0.29) is 17.6 Å². The SMILES string of the molecule is COc1ccc(C2Sc3c(cccc3C3CC3)NC(=O)CC2O)cc1. The first-order chi connectivity index (χ1) is 12.2. The van der Waals surface area contributed by atoms with Crippen LogP contribution < -0.4 is 10.1 Å². The number of carbonyl (C=O) groups is 1. The number of amides is 1. The fraction of sp³-hybridized carbons (Fsp3) is 0.350. The van der Waals surface area contributed by atoms with Crippen LogP contribution in [0.4, 0.5) is 5.69 Å². The predicted octanol–water partition coefficient (Wildman–Crippen LogP) is 4.11. The Kier molecular flexibility index (Phi) is 4.44.